The Hall–Kier alpha value is -1.69. The summed E-state index contributed by atoms with van der Waals surface area (Å²) >= 11 is 1.60. The van der Waals surface area contributed by atoms with Crippen LogP contribution in [0.5, 0.6) is 0 Å². The fraction of sp³-hybridized carbons (Fsp3) is 0.611. The normalized spacial score (nSPS) is 25.2. The van der Waals surface area contributed by atoms with Gasteiger partial charge in [-0.3, -0.25) is 4.79 Å². The van der Waals surface area contributed by atoms with Gasteiger partial charge in [0.05, 0.1) is 4.88 Å². The molecule has 1 aliphatic heterocycles. The molecule has 24 heavy (non-hydrogen) atoms. The number of likely N-dealkylation sites (tertiary alicyclic amines) is 1. The molecular formula is C18H22N4OS. The molecule has 1 spiro atoms. The van der Waals surface area contributed by atoms with Crippen LogP contribution in [0.4, 0.5) is 0 Å². The highest BCUT2D eigenvalue weighted by molar-refractivity contribution is 7.13. The number of carbonyl (C=O) groups is 1. The summed E-state index contributed by atoms with van der Waals surface area (Å²) in [4.78, 5) is 17.1. The molecule has 1 unspecified atom stereocenters. The number of nitrogens with zero attached hydrogens (tertiary/aromatic N) is 4. The van der Waals surface area contributed by atoms with Crippen molar-refractivity contribution in [3.63, 3.8) is 0 Å². The third kappa shape index (κ3) is 2.15. The maximum absolute atomic E-state index is 12.9. The highest BCUT2D eigenvalue weighted by Crippen LogP contribution is 2.56. The van der Waals surface area contributed by atoms with Crippen LogP contribution in [-0.2, 0) is 0 Å². The minimum Gasteiger partial charge on any atom is -0.337 e. The standard InChI is InChI=1S/C18H22N4OS/c1-12-3-6-15(24-12)17(23)21-9-14(18(10-21)7-2-8-18)16-20-19-11-22(16)13-4-5-13/h3,6,11,13-14H,2,4-5,7-10H2,1H3. The summed E-state index contributed by atoms with van der Waals surface area (Å²) in [7, 11) is 0. The topological polar surface area (TPSA) is 51.0 Å². The zero-order valence-corrected chi connectivity index (χ0v) is 14.8. The summed E-state index contributed by atoms with van der Waals surface area (Å²) in [5.74, 6) is 1.66. The van der Waals surface area contributed by atoms with Crippen LogP contribution in [0.2, 0.25) is 0 Å². The van der Waals surface area contributed by atoms with E-state index in [4.69, 9.17) is 0 Å². The molecular weight excluding hydrogens is 320 g/mol. The summed E-state index contributed by atoms with van der Waals surface area (Å²) < 4.78 is 2.29. The Balaban J connectivity index is 1.45. The van der Waals surface area contributed by atoms with E-state index < -0.39 is 0 Å². The quantitative estimate of drug-likeness (QED) is 0.859. The number of amides is 1. The molecule has 126 valence electrons. The summed E-state index contributed by atoms with van der Waals surface area (Å²) in [6, 6.07) is 4.60. The van der Waals surface area contributed by atoms with Gasteiger partial charge in [0.15, 0.2) is 0 Å². The van der Waals surface area contributed by atoms with Crippen molar-refractivity contribution in [2.75, 3.05) is 13.1 Å². The summed E-state index contributed by atoms with van der Waals surface area (Å²) in [5, 5.41) is 8.68. The molecule has 0 aromatic carbocycles. The fourth-order valence-electron chi connectivity index (χ4n) is 4.46. The first-order valence-electron chi connectivity index (χ1n) is 8.91. The van der Waals surface area contributed by atoms with E-state index in [0.717, 1.165) is 23.8 Å². The van der Waals surface area contributed by atoms with Gasteiger partial charge in [0.25, 0.3) is 5.91 Å². The van der Waals surface area contributed by atoms with Crippen molar-refractivity contribution < 1.29 is 4.79 Å². The molecule has 1 amide bonds. The molecule has 2 aromatic heterocycles. The molecule has 0 radical (unpaired) electrons. The monoisotopic (exact) mass is 342 g/mol. The average Bonchev–Trinajstić information content (AvgIpc) is 2.99. The van der Waals surface area contributed by atoms with E-state index in [-0.39, 0.29) is 11.3 Å². The maximum Gasteiger partial charge on any atom is 0.263 e. The average molecular weight is 342 g/mol. The number of hydrogen-bond donors (Lipinski definition) is 0. The third-order valence-corrected chi connectivity index (χ3v) is 7.08. The van der Waals surface area contributed by atoms with E-state index in [0.29, 0.717) is 12.0 Å². The van der Waals surface area contributed by atoms with Crippen LogP contribution >= 0.6 is 11.3 Å². The summed E-state index contributed by atoms with van der Waals surface area (Å²) in [5.41, 5.74) is 0.238. The number of aromatic nitrogens is 3. The summed E-state index contributed by atoms with van der Waals surface area (Å²) in [6.45, 7) is 3.73. The molecule has 3 heterocycles. The van der Waals surface area contributed by atoms with Crippen LogP contribution in [0, 0.1) is 12.3 Å². The molecule has 0 N–H and O–H groups in total. The molecule has 2 saturated carbocycles. The predicted octanol–water partition coefficient (Wildman–Crippen LogP) is 3.39. The Bertz CT molecular complexity index is 787. The minimum absolute atomic E-state index is 0.194. The van der Waals surface area contributed by atoms with Gasteiger partial charge in [-0.1, -0.05) is 6.42 Å². The number of aryl methyl sites for hydroxylation is 1. The molecule has 5 nitrogen and oxygen atoms in total. The molecule has 6 heteroatoms. The highest BCUT2D eigenvalue weighted by Gasteiger charge is 2.54. The second kappa shape index (κ2) is 5.15. The van der Waals surface area contributed by atoms with Gasteiger partial charge in [0.1, 0.15) is 12.2 Å². The summed E-state index contributed by atoms with van der Waals surface area (Å²) in [6.07, 6.45) is 8.06. The van der Waals surface area contributed by atoms with Crippen LogP contribution in [0.1, 0.15) is 64.4 Å². The van der Waals surface area contributed by atoms with Crippen molar-refractivity contribution in [2.24, 2.45) is 5.41 Å². The first-order chi connectivity index (χ1) is 11.7. The van der Waals surface area contributed by atoms with Gasteiger partial charge in [-0.15, -0.1) is 21.5 Å². The second-order valence-electron chi connectivity index (χ2n) is 7.69. The van der Waals surface area contributed by atoms with Gasteiger partial charge in [-0.25, -0.2) is 0 Å². The van der Waals surface area contributed by atoms with E-state index in [9.17, 15) is 4.79 Å². The molecule has 0 bridgehead atoms. The van der Waals surface area contributed by atoms with Crippen LogP contribution < -0.4 is 0 Å². The Morgan fingerprint density at radius 2 is 2.17 bits per heavy atom. The number of thiophene rings is 1. The van der Waals surface area contributed by atoms with Gasteiger partial charge in [-0.05, 0) is 50.2 Å². The Labute approximate surface area is 145 Å². The number of hydrogen-bond acceptors (Lipinski definition) is 4. The molecule has 1 saturated heterocycles. The Morgan fingerprint density at radius 3 is 2.79 bits per heavy atom. The van der Waals surface area contributed by atoms with Crippen molar-refractivity contribution in [1.29, 1.82) is 0 Å². The van der Waals surface area contributed by atoms with Crippen molar-refractivity contribution in [3.05, 3.63) is 34.0 Å². The lowest BCUT2D eigenvalue weighted by Crippen LogP contribution is -2.38. The Kier molecular flexibility index (Phi) is 3.14. The van der Waals surface area contributed by atoms with Crippen LogP contribution in [-0.4, -0.2) is 38.7 Å². The molecule has 2 aromatic rings. The number of carbonyl (C=O) groups excluding carboxylic acids is 1. The van der Waals surface area contributed by atoms with Crippen LogP contribution in [0.25, 0.3) is 0 Å². The lowest BCUT2D eigenvalue weighted by atomic mass is 9.62. The largest absolute Gasteiger partial charge is 0.337 e. The van der Waals surface area contributed by atoms with Crippen LogP contribution in [0.3, 0.4) is 0 Å². The molecule has 5 rings (SSSR count). The fourth-order valence-corrected chi connectivity index (χ4v) is 5.29. The first kappa shape index (κ1) is 14.6. The minimum atomic E-state index is 0.194. The van der Waals surface area contributed by atoms with Gasteiger partial charge in [0, 0.05) is 29.9 Å². The van der Waals surface area contributed by atoms with Crippen molar-refractivity contribution >= 4 is 17.2 Å². The van der Waals surface area contributed by atoms with E-state index in [1.54, 1.807) is 11.3 Å². The molecule has 2 aliphatic carbocycles. The lowest BCUT2D eigenvalue weighted by molar-refractivity contribution is 0.0727. The molecule has 3 fully saturated rings. The van der Waals surface area contributed by atoms with Gasteiger partial charge in [0.2, 0.25) is 0 Å². The van der Waals surface area contributed by atoms with Crippen molar-refractivity contribution in [2.45, 2.75) is 51.0 Å². The van der Waals surface area contributed by atoms with E-state index in [2.05, 4.69) is 26.6 Å². The predicted molar refractivity (Wildman–Crippen MR) is 92.3 cm³/mol. The third-order valence-electron chi connectivity index (χ3n) is 6.09. The maximum atomic E-state index is 12.9. The van der Waals surface area contributed by atoms with E-state index >= 15 is 0 Å². The highest BCUT2D eigenvalue weighted by atomic mass is 32.1. The van der Waals surface area contributed by atoms with Gasteiger partial charge < -0.3 is 9.47 Å². The van der Waals surface area contributed by atoms with E-state index in [1.165, 1.54) is 37.0 Å². The smallest absolute Gasteiger partial charge is 0.263 e. The van der Waals surface area contributed by atoms with Crippen molar-refractivity contribution in [1.82, 2.24) is 19.7 Å². The van der Waals surface area contributed by atoms with Crippen LogP contribution in [0.15, 0.2) is 18.5 Å². The lowest BCUT2D eigenvalue weighted by Gasteiger charge is -2.42. The van der Waals surface area contributed by atoms with Gasteiger partial charge in [-0.2, -0.15) is 0 Å². The van der Waals surface area contributed by atoms with Crippen molar-refractivity contribution in [3.8, 4) is 0 Å². The Morgan fingerprint density at radius 1 is 1.33 bits per heavy atom. The molecule has 1 atom stereocenters. The van der Waals surface area contributed by atoms with E-state index in [1.807, 2.05) is 18.5 Å². The molecule has 3 aliphatic rings. The second-order valence-corrected chi connectivity index (χ2v) is 8.98. The SMILES string of the molecule is Cc1ccc(C(=O)N2CC(c3nncn3C3CC3)C3(CCC3)C2)s1. The first-order valence-corrected chi connectivity index (χ1v) is 9.73. The zero-order chi connectivity index (χ0) is 16.3. The zero-order valence-electron chi connectivity index (χ0n) is 13.9. The van der Waals surface area contributed by atoms with Gasteiger partial charge >= 0.3 is 0 Å². The number of rotatable bonds is 3.